The molecule has 0 aliphatic rings. The van der Waals surface area contributed by atoms with Crippen molar-refractivity contribution in [3.8, 4) is 0 Å². The van der Waals surface area contributed by atoms with Gasteiger partial charge in [-0.25, -0.2) is 9.18 Å². The SMILES string of the molecule is O=C(COC(=O)c1cc(=O)[nH]c2ccccc12)NCC(=O)Nc1ccc(F)cc1. The minimum atomic E-state index is -0.835. The van der Waals surface area contributed by atoms with Crippen molar-refractivity contribution in [1.29, 1.82) is 0 Å². The van der Waals surface area contributed by atoms with E-state index >= 15 is 0 Å². The van der Waals surface area contributed by atoms with Crippen molar-refractivity contribution >= 4 is 34.4 Å². The molecule has 0 bridgehead atoms. The number of rotatable bonds is 6. The fourth-order valence-corrected chi connectivity index (χ4v) is 2.55. The van der Waals surface area contributed by atoms with E-state index in [1.165, 1.54) is 24.3 Å². The van der Waals surface area contributed by atoms with Crippen LogP contribution in [0.5, 0.6) is 0 Å². The number of ether oxygens (including phenoxy) is 1. The molecule has 3 N–H and O–H groups in total. The van der Waals surface area contributed by atoms with Crippen LogP contribution in [-0.2, 0) is 14.3 Å². The van der Waals surface area contributed by atoms with E-state index in [1.807, 2.05) is 0 Å². The predicted octanol–water partition coefficient (Wildman–Crippen LogP) is 1.58. The zero-order valence-electron chi connectivity index (χ0n) is 15.0. The lowest BCUT2D eigenvalue weighted by Gasteiger charge is -2.09. The van der Waals surface area contributed by atoms with E-state index < -0.39 is 35.8 Å². The first kappa shape index (κ1) is 19.7. The van der Waals surface area contributed by atoms with E-state index in [2.05, 4.69) is 15.6 Å². The summed E-state index contributed by atoms with van der Waals surface area (Å²) in [7, 11) is 0. The zero-order chi connectivity index (χ0) is 20.8. The lowest BCUT2D eigenvalue weighted by molar-refractivity contribution is -0.126. The lowest BCUT2D eigenvalue weighted by Crippen LogP contribution is -2.35. The second kappa shape index (κ2) is 8.79. The number of hydrogen-bond donors (Lipinski definition) is 3. The van der Waals surface area contributed by atoms with Gasteiger partial charge in [-0.3, -0.25) is 14.4 Å². The molecule has 2 amide bonds. The standard InChI is InChI=1S/C20H16FN3O5/c21-12-5-7-13(8-6-12)23-18(26)10-22-19(27)11-29-20(28)15-9-17(25)24-16-4-2-1-3-14(15)16/h1-9H,10-11H2,(H,22,27)(H,23,26)(H,24,25). The van der Waals surface area contributed by atoms with Gasteiger partial charge in [-0.1, -0.05) is 18.2 Å². The van der Waals surface area contributed by atoms with Gasteiger partial charge in [0.05, 0.1) is 12.1 Å². The largest absolute Gasteiger partial charge is 0.452 e. The molecule has 0 unspecified atom stereocenters. The van der Waals surface area contributed by atoms with Crippen molar-refractivity contribution in [3.63, 3.8) is 0 Å². The normalized spacial score (nSPS) is 10.4. The first-order chi connectivity index (χ1) is 13.9. The molecule has 0 atom stereocenters. The summed E-state index contributed by atoms with van der Waals surface area (Å²) < 4.78 is 17.8. The van der Waals surface area contributed by atoms with Gasteiger partial charge in [0.15, 0.2) is 6.61 Å². The molecule has 0 fully saturated rings. The van der Waals surface area contributed by atoms with Gasteiger partial charge < -0.3 is 20.4 Å². The summed E-state index contributed by atoms with van der Waals surface area (Å²) >= 11 is 0. The van der Waals surface area contributed by atoms with Crippen LogP contribution in [-0.4, -0.2) is 35.9 Å². The maximum absolute atomic E-state index is 12.8. The molecule has 0 saturated carbocycles. The van der Waals surface area contributed by atoms with Gasteiger partial charge in [-0.15, -0.1) is 0 Å². The number of nitrogens with one attached hydrogen (secondary N) is 3. The number of amides is 2. The van der Waals surface area contributed by atoms with E-state index in [1.54, 1.807) is 24.3 Å². The average molecular weight is 397 g/mol. The maximum atomic E-state index is 12.8. The third-order valence-corrected chi connectivity index (χ3v) is 3.88. The van der Waals surface area contributed by atoms with Crippen molar-refractivity contribution < 1.29 is 23.5 Å². The van der Waals surface area contributed by atoms with E-state index in [4.69, 9.17) is 4.74 Å². The van der Waals surface area contributed by atoms with Gasteiger partial charge in [0.1, 0.15) is 5.82 Å². The molecule has 2 aromatic carbocycles. The van der Waals surface area contributed by atoms with Crippen LogP contribution in [0.4, 0.5) is 10.1 Å². The van der Waals surface area contributed by atoms with Gasteiger partial charge in [0.25, 0.3) is 5.91 Å². The zero-order valence-corrected chi connectivity index (χ0v) is 15.0. The summed E-state index contributed by atoms with van der Waals surface area (Å²) in [6, 6.07) is 12.9. The number of hydrogen-bond acceptors (Lipinski definition) is 5. The minimum absolute atomic E-state index is 0.0335. The van der Waals surface area contributed by atoms with E-state index in [9.17, 15) is 23.6 Å². The van der Waals surface area contributed by atoms with Crippen molar-refractivity contribution in [3.05, 3.63) is 76.3 Å². The van der Waals surface area contributed by atoms with Gasteiger partial charge in [0, 0.05) is 22.7 Å². The predicted molar refractivity (Wildman–Crippen MR) is 103 cm³/mol. The smallest absolute Gasteiger partial charge is 0.339 e. The molecule has 29 heavy (non-hydrogen) atoms. The summed E-state index contributed by atoms with van der Waals surface area (Å²) in [6.45, 7) is -0.981. The van der Waals surface area contributed by atoms with Gasteiger partial charge in [-0.2, -0.15) is 0 Å². The highest BCUT2D eigenvalue weighted by Crippen LogP contribution is 2.15. The van der Waals surface area contributed by atoms with Crippen molar-refractivity contribution in [2.24, 2.45) is 0 Å². The molecule has 1 aromatic heterocycles. The molecule has 148 valence electrons. The second-order valence-corrected chi connectivity index (χ2v) is 6.00. The fraction of sp³-hybridized carbons (Fsp3) is 0.100. The van der Waals surface area contributed by atoms with Gasteiger partial charge in [0.2, 0.25) is 11.5 Å². The highest BCUT2D eigenvalue weighted by atomic mass is 19.1. The number of carbonyl (C=O) groups is 3. The Hall–Kier alpha value is -4.01. The van der Waals surface area contributed by atoms with Crippen molar-refractivity contribution in [1.82, 2.24) is 10.3 Å². The second-order valence-electron chi connectivity index (χ2n) is 6.00. The van der Waals surface area contributed by atoms with Gasteiger partial charge >= 0.3 is 5.97 Å². The third kappa shape index (κ3) is 5.25. The number of aromatic amines is 1. The Labute approximate surface area is 163 Å². The summed E-state index contributed by atoms with van der Waals surface area (Å²) in [5, 5.41) is 5.26. The molecule has 8 nitrogen and oxygen atoms in total. The van der Waals surface area contributed by atoms with Crippen LogP contribution in [0.3, 0.4) is 0 Å². The van der Waals surface area contributed by atoms with Crippen LogP contribution in [0.2, 0.25) is 0 Å². The Balaban J connectivity index is 1.52. The monoisotopic (exact) mass is 397 g/mol. The van der Waals surface area contributed by atoms with Gasteiger partial charge in [-0.05, 0) is 30.3 Å². The van der Waals surface area contributed by atoms with E-state index in [-0.39, 0.29) is 12.1 Å². The Morgan fingerprint density at radius 3 is 2.48 bits per heavy atom. The topological polar surface area (TPSA) is 117 Å². The fourth-order valence-electron chi connectivity index (χ4n) is 2.55. The maximum Gasteiger partial charge on any atom is 0.339 e. The first-order valence-corrected chi connectivity index (χ1v) is 8.54. The number of halogens is 1. The molecule has 3 rings (SSSR count). The number of pyridine rings is 1. The molecule has 0 spiro atoms. The Morgan fingerprint density at radius 2 is 1.72 bits per heavy atom. The number of aromatic nitrogens is 1. The van der Waals surface area contributed by atoms with E-state index in [0.29, 0.717) is 16.6 Å². The molecule has 0 aliphatic heterocycles. The van der Waals surface area contributed by atoms with Crippen LogP contribution < -0.4 is 16.2 Å². The lowest BCUT2D eigenvalue weighted by atomic mass is 10.1. The molecule has 0 aliphatic carbocycles. The van der Waals surface area contributed by atoms with Crippen LogP contribution in [0, 0.1) is 5.82 Å². The summed E-state index contributed by atoms with van der Waals surface area (Å²) in [6.07, 6.45) is 0. The number of carbonyl (C=O) groups excluding carboxylic acids is 3. The van der Waals surface area contributed by atoms with Crippen LogP contribution in [0.1, 0.15) is 10.4 Å². The van der Waals surface area contributed by atoms with Crippen LogP contribution in [0.15, 0.2) is 59.4 Å². The summed E-state index contributed by atoms with van der Waals surface area (Å²) in [5.41, 5.74) is 0.399. The highest BCUT2D eigenvalue weighted by Gasteiger charge is 2.15. The number of fused-ring (bicyclic) bond motifs is 1. The molecule has 9 heteroatoms. The van der Waals surface area contributed by atoms with Crippen molar-refractivity contribution in [2.75, 3.05) is 18.5 Å². The Kier molecular flexibility index (Phi) is 5.98. The average Bonchev–Trinajstić information content (AvgIpc) is 2.71. The summed E-state index contributed by atoms with van der Waals surface area (Å²) in [4.78, 5) is 50.1. The van der Waals surface area contributed by atoms with Crippen LogP contribution in [0.25, 0.3) is 10.9 Å². The molecular formula is C20H16FN3O5. The molecule has 0 saturated heterocycles. The van der Waals surface area contributed by atoms with Crippen LogP contribution >= 0.6 is 0 Å². The minimum Gasteiger partial charge on any atom is -0.452 e. The number of H-pyrrole nitrogens is 1. The number of para-hydroxylation sites is 1. The number of anilines is 1. The number of esters is 1. The van der Waals surface area contributed by atoms with Crippen molar-refractivity contribution in [2.45, 2.75) is 0 Å². The Bertz CT molecular complexity index is 1120. The third-order valence-electron chi connectivity index (χ3n) is 3.88. The summed E-state index contributed by atoms with van der Waals surface area (Å²) in [5.74, 6) is -2.50. The highest BCUT2D eigenvalue weighted by molar-refractivity contribution is 6.03. The quantitative estimate of drug-likeness (QED) is 0.546. The molecular weight excluding hydrogens is 381 g/mol. The first-order valence-electron chi connectivity index (χ1n) is 8.54. The number of benzene rings is 2. The molecule has 1 heterocycles. The van der Waals surface area contributed by atoms with E-state index in [0.717, 1.165) is 6.07 Å². The molecule has 3 aromatic rings. The Morgan fingerprint density at radius 1 is 1.00 bits per heavy atom. The molecule has 0 radical (unpaired) electrons.